The Morgan fingerprint density at radius 3 is 2.39 bits per heavy atom. The van der Waals surface area contributed by atoms with E-state index in [0.29, 0.717) is 0 Å². The molecule has 1 aromatic rings. The summed E-state index contributed by atoms with van der Waals surface area (Å²) in [6, 6.07) is 10.8. The summed E-state index contributed by atoms with van der Waals surface area (Å²) in [6.07, 6.45) is 6.20. The first kappa shape index (κ1) is 12.6. The van der Waals surface area contributed by atoms with Crippen LogP contribution in [0.5, 0.6) is 0 Å². The number of nitrogens with zero attached hydrogens (tertiary/aromatic N) is 1. The van der Waals surface area contributed by atoms with Gasteiger partial charge in [0.05, 0.1) is 19.6 Å². The van der Waals surface area contributed by atoms with Crippen molar-refractivity contribution in [1.82, 2.24) is 0 Å². The lowest BCUT2D eigenvalue weighted by Gasteiger charge is -2.47. The zero-order valence-electron chi connectivity index (χ0n) is 10.9. The van der Waals surface area contributed by atoms with E-state index in [1.165, 1.54) is 36.9 Å². The van der Waals surface area contributed by atoms with E-state index < -0.39 is 0 Å². The van der Waals surface area contributed by atoms with Crippen LogP contribution in [0.4, 0.5) is 0 Å². The van der Waals surface area contributed by atoms with Crippen LogP contribution in [0.1, 0.15) is 18.4 Å². The van der Waals surface area contributed by atoms with Crippen LogP contribution >= 0.6 is 7.92 Å². The lowest BCUT2D eigenvalue weighted by molar-refractivity contribution is -0.879. The van der Waals surface area contributed by atoms with Crippen LogP contribution in [-0.4, -0.2) is 36.6 Å². The first-order valence-electron chi connectivity index (χ1n) is 7.07. The Hall–Kier alpha value is -0.430. The van der Waals surface area contributed by atoms with Gasteiger partial charge in [0, 0.05) is 18.2 Å². The molecule has 1 heterocycles. The summed E-state index contributed by atoms with van der Waals surface area (Å²) in [5, 5.41) is 12.5. The molecule has 0 aromatic heterocycles. The first-order chi connectivity index (χ1) is 8.73. The van der Waals surface area contributed by atoms with E-state index >= 15 is 0 Å². The Morgan fingerprint density at radius 1 is 1.11 bits per heavy atom. The number of benzene rings is 1. The molecule has 0 radical (unpaired) electrons. The van der Waals surface area contributed by atoms with Crippen LogP contribution in [0.2, 0.25) is 0 Å². The van der Waals surface area contributed by atoms with E-state index in [1.807, 2.05) is 0 Å². The fourth-order valence-corrected chi connectivity index (χ4v) is 5.39. The van der Waals surface area contributed by atoms with Crippen LogP contribution in [0, 0.1) is 11.1 Å². The van der Waals surface area contributed by atoms with Crippen molar-refractivity contribution in [3.63, 3.8) is 0 Å². The fraction of sp³-hybridized carbons (Fsp3) is 0.600. The van der Waals surface area contributed by atoms with Gasteiger partial charge in [-0.3, -0.25) is 0 Å². The maximum absolute atomic E-state index is 12.5. The van der Waals surface area contributed by atoms with Crippen LogP contribution in [0.3, 0.4) is 0 Å². The van der Waals surface area contributed by atoms with Crippen molar-refractivity contribution < 1.29 is 4.65 Å². The highest BCUT2D eigenvalue weighted by molar-refractivity contribution is 7.56. The average Bonchev–Trinajstić information content (AvgIpc) is 3.17. The zero-order chi connectivity index (χ0) is 12.4. The van der Waals surface area contributed by atoms with Gasteiger partial charge < -0.3 is 9.85 Å². The highest BCUT2D eigenvalue weighted by atomic mass is 31.1. The second kappa shape index (κ2) is 5.28. The van der Waals surface area contributed by atoms with Gasteiger partial charge in [-0.2, -0.15) is 0 Å². The van der Waals surface area contributed by atoms with E-state index in [1.54, 1.807) is 0 Å². The summed E-state index contributed by atoms with van der Waals surface area (Å²) in [5.41, 5.74) is 1.46. The van der Waals surface area contributed by atoms with Crippen LogP contribution in [-0.2, 0) is 6.16 Å². The second-order valence-electron chi connectivity index (χ2n) is 5.89. The molecule has 0 spiro atoms. The minimum atomic E-state index is 0.0733. The number of rotatable bonds is 4. The fourth-order valence-electron chi connectivity index (χ4n) is 2.82. The van der Waals surface area contributed by atoms with Crippen molar-refractivity contribution in [1.29, 1.82) is 0 Å². The van der Waals surface area contributed by atoms with E-state index in [-0.39, 0.29) is 12.6 Å². The summed E-state index contributed by atoms with van der Waals surface area (Å²) in [7, 11) is 0.0733. The molecule has 3 heteroatoms. The molecule has 1 aliphatic heterocycles. The Kier molecular flexibility index (Phi) is 3.70. The predicted octanol–water partition coefficient (Wildman–Crippen LogP) is 3.41. The van der Waals surface area contributed by atoms with E-state index in [4.69, 9.17) is 0 Å². The second-order valence-corrected chi connectivity index (χ2v) is 8.45. The highest BCUT2D eigenvalue weighted by Crippen LogP contribution is 2.44. The van der Waals surface area contributed by atoms with Crippen LogP contribution in [0.15, 0.2) is 30.3 Å². The minimum Gasteiger partial charge on any atom is -0.633 e. The molecule has 0 N–H and O–H groups in total. The summed E-state index contributed by atoms with van der Waals surface area (Å²) in [6.45, 7) is 2.68. The molecular formula is C15H22NOP. The standard InChI is InChI=1S/C15H22NOP/c17-16(12-14-6-7-14)8-10-18(11-9-16)13-15-4-2-1-3-5-15/h1-5,14H,6-13H2. The van der Waals surface area contributed by atoms with Gasteiger partial charge in [-0.25, -0.2) is 0 Å². The van der Waals surface area contributed by atoms with Crippen molar-refractivity contribution in [2.45, 2.75) is 19.0 Å². The maximum Gasteiger partial charge on any atom is 0.0824 e. The van der Waals surface area contributed by atoms with Gasteiger partial charge in [0.25, 0.3) is 0 Å². The summed E-state index contributed by atoms with van der Waals surface area (Å²) in [5.74, 6) is 0.765. The van der Waals surface area contributed by atoms with E-state index in [9.17, 15) is 5.21 Å². The van der Waals surface area contributed by atoms with Gasteiger partial charge in [0.15, 0.2) is 0 Å². The monoisotopic (exact) mass is 263 g/mol. The molecule has 0 atom stereocenters. The molecule has 0 bridgehead atoms. The Labute approximate surface area is 111 Å². The number of hydrogen-bond donors (Lipinski definition) is 0. The Morgan fingerprint density at radius 2 is 1.78 bits per heavy atom. The van der Waals surface area contributed by atoms with Crippen LogP contribution < -0.4 is 0 Å². The SMILES string of the molecule is [O-][N+]1(CC2CC2)CCP(Cc2ccccc2)CC1. The number of hydroxylamine groups is 3. The molecule has 1 aliphatic carbocycles. The number of quaternary nitrogens is 1. The van der Waals surface area contributed by atoms with Gasteiger partial charge in [-0.05, 0) is 24.6 Å². The maximum atomic E-state index is 12.5. The van der Waals surface area contributed by atoms with Gasteiger partial charge in [0.1, 0.15) is 0 Å². The molecule has 0 unspecified atom stereocenters. The van der Waals surface area contributed by atoms with Crippen molar-refractivity contribution in [2.75, 3.05) is 32.0 Å². The molecular weight excluding hydrogens is 241 g/mol. The molecule has 18 heavy (non-hydrogen) atoms. The van der Waals surface area contributed by atoms with Crippen molar-refractivity contribution in [3.8, 4) is 0 Å². The van der Waals surface area contributed by atoms with E-state index in [0.717, 1.165) is 25.6 Å². The van der Waals surface area contributed by atoms with Crippen molar-refractivity contribution in [3.05, 3.63) is 41.1 Å². The van der Waals surface area contributed by atoms with Crippen molar-refractivity contribution >= 4 is 7.92 Å². The highest BCUT2D eigenvalue weighted by Gasteiger charge is 2.33. The van der Waals surface area contributed by atoms with Gasteiger partial charge in [-0.15, -0.1) is 0 Å². The molecule has 98 valence electrons. The molecule has 2 aliphatic rings. The van der Waals surface area contributed by atoms with Crippen molar-refractivity contribution in [2.24, 2.45) is 5.92 Å². The van der Waals surface area contributed by atoms with Gasteiger partial charge in [-0.1, -0.05) is 38.3 Å². The topological polar surface area (TPSA) is 23.1 Å². The molecule has 2 fully saturated rings. The molecule has 1 saturated heterocycles. The normalized spacial score (nSPS) is 32.4. The third kappa shape index (κ3) is 3.32. The number of hydrogen-bond acceptors (Lipinski definition) is 1. The Bertz CT molecular complexity index is 383. The minimum absolute atomic E-state index is 0.0733. The first-order valence-corrected chi connectivity index (χ1v) is 8.97. The smallest absolute Gasteiger partial charge is 0.0824 e. The average molecular weight is 263 g/mol. The third-order valence-electron chi connectivity index (χ3n) is 4.18. The lowest BCUT2D eigenvalue weighted by atomic mass is 10.2. The third-order valence-corrected chi connectivity index (χ3v) is 6.66. The van der Waals surface area contributed by atoms with E-state index in [2.05, 4.69) is 30.3 Å². The quantitative estimate of drug-likeness (QED) is 0.464. The predicted molar refractivity (Wildman–Crippen MR) is 77.8 cm³/mol. The molecule has 1 aromatic carbocycles. The zero-order valence-corrected chi connectivity index (χ0v) is 11.8. The molecule has 2 nitrogen and oxygen atoms in total. The lowest BCUT2D eigenvalue weighted by Crippen LogP contribution is -2.50. The largest absolute Gasteiger partial charge is 0.633 e. The summed E-state index contributed by atoms with van der Waals surface area (Å²) < 4.78 is 0.123. The molecule has 3 rings (SSSR count). The van der Waals surface area contributed by atoms with Crippen LogP contribution in [0.25, 0.3) is 0 Å². The molecule has 0 amide bonds. The van der Waals surface area contributed by atoms with Gasteiger partial charge in [0.2, 0.25) is 0 Å². The Balaban J connectivity index is 1.50. The molecule has 1 saturated carbocycles. The summed E-state index contributed by atoms with van der Waals surface area (Å²) in [4.78, 5) is 0. The summed E-state index contributed by atoms with van der Waals surface area (Å²) >= 11 is 0. The van der Waals surface area contributed by atoms with Gasteiger partial charge >= 0.3 is 0 Å².